The number of benzene rings is 1. The highest BCUT2D eigenvalue weighted by Crippen LogP contribution is 2.25. The first-order valence-electron chi connectivity index (χ1n) is 9.76. The second-order valence-electron chi connectivity index (χ2n) is 6.66. The van der Waals surface area contributed by atoms with Gasteiger partial charge in [-0.2, -0.15) is 0 Å². The molecule has 0 aliphatic rings. The quantitative estimate of drug-likeness (QED) is 0.456. The zero-order valence-corrected chi connectivity index (χ0v) is 17.7. The zero-order chi connectivity index (χ0) is 22.3. The summed E-state index contributed by atoms with van der Waals surface area (Å²) in [5.74, 6) is -0.680. The Kier molecular flexibility index (Phi) is 7.80. The molecule has 3 amide bonds. The van der Waals surface area contributed by atoms with E-state index in [1.165, 1.54) is 6.08 Å². The molecule has 1 aromatic heterocycles. The number of rotatable bonds is 8. The van der Waals surface area contributed by atoms with Gasteiger partial charge in [0.1, 0.15) is 0 Å². The zero-order valence-electron chi connectivity index (χ0n) is 17.7. The van der Waals surface area contributed by atoms with E-state index in [-0.39, 0.29) is 12.5 Å². The van der Waals surface area contributed by atoms with E-state index in [2.05, 4.69) is 10.6 Å². The standard InChI is InChI=1S/C22H28N4O4/c1-5-26-14(3)18(20(15(26)4)21(28)30-6-2)11-12-19(27)24-13-16-7-9-17(10-8-16)25-22(23)29/h7-12H,5-6,13H2,1-4H3,(H,24,27)(H3,23,25,29)/b12-11+. The SMILES string of the molecule is CCOC(=O)c1c(/C=C/C(=O)NCc2ccc(NC(N)=O)cc2)c(C)n(CC)c1C. The number of nitrogens with two attached hydrogens (primary N) is 1. The molecule has 1 aromatic carbocycles. The van der Waals surface area contributed by atoms with Gasteiger partial charge in [-0.15, -0.1) is 0 Å². The summed E-state index contributed by atoms with van der Waals surface area (Å²) >= 11 is 0. The normalized spacial score (nSPS) is 10.8. The molecule has 0 spiro atoms. The molecule has 0 fully saturated rings. The summed E-state index contributed by atoms with van der Waals surface area (Å²) in [5, 5.41) is 5.27. The van der Waals surface area contributed by atoms with Crippen molar-refractivity contribution in [2.45, 2.75) is 40.8 Å². The average molecular weight is 412 g/mol. The van der Waals surface area contributed by atoms with Gasteiger partial charge in [0.25, 0.3) is 0 Å². The van der Waals surface area contributed by atoms with Crippen molar-refractivity contribution < 1.29 is 19.1 Å². The molecule has 0 aliphatic carbocycles. The third-order valence-electron chi connectivity index (χ3n) is 4.72. The van der Waals surface area contributed by atoms with Gasteiger partial charge in [0.15, 0.2) is 0 Å². The van der Waals surface area contributed by atoms with Crippen LogP contribution in [0.4, 0.5) is 10.5 Å². The lowest BCUT2D eigenvalue weighted by Gasteiger charge is -2.05. The van der Waals surface area contributed by atoms with Gasteiger partial charge < -0.3 is 25.7 Å². The second kappa shape index (κ2) is 10.3. The highest BCUT2D eigenvalue weighted by Gasteiger charge is 2.22. The van der Waals surface area contributed by atoms with E-state index < -0.39 is 12.0 Å². The number of hydrogen-bond acceptors (Lipinski definition) is 4. The number of hydrogen-bond donors (Lipinski definition) is 3. The Hall–Kier alpha value is -3.55. The first-order valence-corrected chi connectivity index (χ1v) is 9.76. The van der Waals surface area contributed by atoms with Crippen LogP contribution in [0.15, 0.2) is 30.3 Å². The predicted octanol–water partition coefficient (Wildman–Crippen LogP) is 3.12. The second-order valence-corrected chi connectivity index (χ2v) is 6.66. The number of ether oxygens (including phenoxy) is 1. The highest BCUT2D eigenvalue weighted by molar-refractivity contribution is 5.98. The van der Waals surface area contributed by atoms with Crippen LogP contribution in [0.3, 0.4) is 0 Å². The molecule has 4 N–H and O–H groups in total. The molecule has 0 radical (unpaired) electrons. The minimum absolute atomic E-state index is 0.284. The largest absolute Gasteiger partial charge is 0.462 e. The van der Waals surface area contributed by atoms with E-state index in [9.17, 15) is 14.4 Å². The smallest absolute Gasteiger partial charge is 0.340 e. The number of urea groups is 1. The lowest BCUT2D eigenvalue weighted by molar-refractivity contribution is -0.116. The molecule has 0 atom stereocenters. The third kappa shape index (κ3) is 5.50. The molecular weight excluding hydrogens is 384 g/mol. The molecule has 0 unspecified atom stereocenters. The highest BCUT2D eigenvalue weighted by atomic mass is 16.5. The lowest BCUT2D eigenvalue weighted by atomic mass is 10.1. The number of aromatic nitrogens is 1. The number of carbonyl (C=O) groups is 3. The lowest BCUT2D eigenvalue weighted by Crippen LogP contribution is -2.21. The van der Waals surface area contributed by atoms with Crippen LogP contribution in [0.25, 0.3) is 6.08 Å². The summed E-state index contributed by atoms with van der Waals surface area (Å²) in [6, 6.07) is 6.33. The monoisotopic (exact) mass is 412 g/mol. The molecule has 2 rings (SSSR count). The Morgan fingerprint density at radius 2 is 1.77 bits per heavy atom. The Morgan fingerprint density at radius 3 is 2.33 bits per heavy atom. The summed E-state index contributed by atoms with van der Waals surface area (Å²) < 4.78 is 7.21. The molecule has 2 aromatic rings. The van der Waals surface area contributed by atoms with Crippen LogP contribution >= 0.6 is 0 Å². The van der Waals surface area contributed by atoms with Gasteiger partial charge in [0.2, 0.25) is 5.91 Å². The van der Waals surface area contributed by atoms with Crippen molar-refractivity contribution in [2.24, 2.45) is 5.73 Å². The molecule has 0 saturated heterocycles. The van der Waals surface area contributed by atoms with Crippen LogP contribution < -0.4 is 16.4 Å². The minimum atomic E-state index is -0.634. The van der Waals surface area contributed by atoms with Crippen molar-refractivity contribution in [3.63, 3.8) is 0 Å². The molecule has 0 aliphatic heterocycles. The van der Waals surface area contributed by atoms with Crippen LogP contribution in [-0.4, -0.2) is 29.1 Å². The Morgan fingerprint density at radius 1 is 1.10 bits per heavy atom. The summed E-state index contributed by atoms with van der Waals surface area (Å²) in [5.41, 5.74) is 9.41. The number of primary amides is 1. The van der Waals surface area contributed by atoms with Gasteiger partial charge in [-0.3, -0.25) is 4.79 Å². The Bertz CT molecular complexity index is 959. The van der Waals surface area contributed by atoms with E-state index in [4.69, 9.17) is 10.5 Å². The van der Waals surface area contributed by atoms with Crippen molar-refractivity contribution in [2.75, 3.05) is 11.9 Å². The number of amides is 3. The van der Waals surface area contributed by atoms with Crippen LogP contribution in [0, 0.1) is 13.8 Å². The Labute approximate surface area is 176 Å². The molecule has 160 valence electrons. The van der Waals surface area contributed by atoms with Gasteiger partial charge in [-0.25, -0.2) is 9.59 Å². The van der Waals surface area contributed by atoms with Crippen LogP contribution in [-0.2, 0) is 22.6 Å². The fraction of sp³-hybridized carbons (Fsp3) is 0.318. The van der Waals surface area contributed by atoms with Crippen LogP contribution in [0.5, 0.6) is 0 Å². The van der Waals surface area contributed by atoms with Crippen molar-refractivity contribution in [3.8, 4) is 0 Å². The summed E-state index contributed by atoms with van der Waals surface area (Å²) in [7, 11) is 0. The molecule has 8 heteroatoms. The van der Waals surface area contributed by atoms with Crippen molar-refractivity contribution >= 4 is 29.7 Å². The number of carbonyl (C=O) groups excluding carboxylic acids is 3. The maximum Gasteiger partial charge on any atom is 0.340 e. The molecule has 30 heavy (non-hydrogen) atoms. The van der Waals surface area contributed by atoms with Gasteiger partial charge >= 0.3 is 12.0 Å². The topological polar surface area (TPSA) is 115 Å². The molecule has 1 heterocycles. The van der Waals surface area contributed by atoms with Gasteiger partial charge in [0.05, 0.1) is 12.2 Å². The predicted molar refractivity (Wildman–Crippen MR) is 116 cm³/mol. The maximum atomic E-state index is 12.4. The summed E-state index contributed by atoms with van der Waals surface area (Å²) in [4.78, 5) is 35.5. The summed E-state index contributed by atoms with van der Waals surface area (Å²) in [6.45, 7) is 8.86. The molecular formula is C22H28N4O4. The fourth-order valence-electron chi connectivity index (χ4n) is 3.30. The Balaban J connectivity index is 2.10. The van der Waals surface area contributed by atoms with E-state index in [1.807, 2.05) is 25.3 Å². The molecule has 0 bridgehead atoms. The van der Waals surface area contributed by atoms with E-state index in [1.54, 1.807) is 37.3 Å². The van der Waals surface area contributed by atoms with Crippen LogP contribution in [0.2, 0.25) is 0 Å². The van der Waals surface area contributed by atoms with Crippen molar-refractivity contribution in [1.29, 1.82) is 0 Å². The molecule has 8 nitrogen and oxygen atoms in total. The number of nitrogens with one attached hydrogen (secondary N) is 2. The van der Waals surface area contributed by atoms with Crippen molar-refractivity contribution in [1.82, 2.24) is 9.88 Å². The van der Waals surface area contributed by atoms with Crippen molar-refractivity contribution in [3.05, 3.63) is 58.4 Å². The number of esters is 1. The van der Waals surface area contributed by atoms with Gasteiger partial charge in [-0.05, 0) is 51.5 Å². The van der Waals surface area contributed by atoms with E-state index >= 15 is 0 Å². The van der Waals surface area contributed by atoms with Gasteiger partial charge in [-0.1, -0.05) is 12.1 Å². The molecule has 0 saturated carbocycles. The third-order valence-corrected chi connectivity index (χ3v) is 4.72. The average Bonchev–Trinajstić information content (AvgIpc) is 2.94. The van der Waals surface area contributed by atoms with Gasteiger partial charge in [0, 0.05) is 41.8 Å². The van der Waals surface area contributed by atoms with E-state index in [0.29, 0.717) is 29.9 Å². The van der Waals surface area contributed by atoms with Crippen LogP contribution in [0.1, 0.15) is 46.7 Å². The first-order chi connectivity index (χ1) is 14.3. The number of anilines is 1. The summed E-state index contributed by atoms with van der Waals surface area (Å²) in [6.07, 6.45) is 3.06. The number of nitrogens with zero attached hydrogens (tertiary/aromatic N) is 1. The first kappa shape index (κ1) is 22.7. The van der Waals surface area contributed by atoms with E-state index in [0.717, 1.165) is 17.0 Å². The minimum Gasteiger partial charge on any atom is -0.462 e. The fourth-order valence-corrected chi connectivity index (χ4v) is 3.30. The maximum absolute atomic E-state index is 12.4.